The molecule has 2 aromatic rings. The summed E-state index contributed by atoms with van der Waals surface area (Å²) in [6.07, 6.45) is 6.10. The third-order valence-electron chi connectivity index (χ3n) is 4.57. The van der Waals surface area contributed by atoms with E-state index in [1.165, 1.54) is 0 Å². The summed E-state index contributed by atoms with van der Waals surface area (Å²) >= 11 is 0. The van der Waals surface area contributed by atoms with Crippen LogP contribution in [0.4, 0.5) is 0 Å². The number of carbonyl (C=O) groups excluding carboxylic acids is 1. The molecule has 1 amide bonds. The van der Waals surface area contributed by atoms with E-state index < -0.39 is 5.97 Å². The number of carboxylic acids is 1. The average molecular weight is 327 g/mol. The second kappa shape index (κ2) is 7.29. The van der Waals surface area contributed by atoms with Crippen LogP contribution in [-0.2, 0) is 16.1 Å². The molecule has 2 N–H and O–H groups in total. The molecule has 6 nitrogen and oxygen atoms in total. The number of aromatic nitrogens is 2. The number of hydrogen-bond acceptors (Lipinski definition) is 3. The van der Waals surface area contributed by atoms with Crippen LogP contribution in [0, 0.1) is 11.8 Å². The van der Waals surface area contributed by atoms with Crippen LogP contribution in [0.3, 0.4) is 0 Å². The fraction of sp³-hybridized carbons (Fsp3) is 0.389. The fourth-order valence-corrected chi connectivity index (χ4v) is 3.11. The molecule has 1 fully saturated rings. The van der Waals surface area contributed by atoms with Gasteiger partial charge in [-0.05, 0) is 37.8 Å². The first-order valence-electron chi connectivity index (χ1n) is 8.23. The normalized spacial score (nSPS) is 20.5. The lowest BCUT2D eigenvalue weighted by Crippen LogP contribution is -2.34. The molecule has 0 bridgehead atoms. The average Bonchev–Trinajstić information content (AvgIpc) is 3.09. The minimum absolute atomic E-state index is 0.00583. The van der Waals surface area contributed by atoms with Gasteiger partial charge in [-0.1, -0.05) is 18.2 Å². The maximum Gasteiger partial charge on any atom is 0.306 e. The minimum Gasteiger partial charge on any atom is -0.481 e. The van der Waals surface area contributed by atoms with Gasteiger partial charge in [0.2, 0.25) is 5.91 Å². The Bertz CT molecular complexity index is 703. The van der Waals surface area contributed by atoms with Crippen LogP contribution in [0.1, 0.15) is 31.2 Å². The zero-order valence-corrected chi connectivity index (χ0v) is 13.4. The highest BCUT2D eigenvalue weighted by molar-refractivity contribution is 5.79. The lowest BCUT2D eigenvalue weighted by atomic mass is 9.81. The van der Waals surface area contributed by atoms with Crippen molar-refractivity contribution in [3.63, 3.8) is 0 Å². The summed E-state index contributed by atoms with van der Waals surface area (Å²) in [4.78, 5) is 23.2. The molecule has 0 aliphatic heterocycles. The number of nitrogens with one attached hydrogen (secondary N) is 1. The molecule has 0 unspecified atom stereocenters. The first-order chi connectivity index (χ1) is 11.6. The van der Waals surface area contributed by atoms with E-state index in [9.17, 15) is 9.59 Å². The number of benzene rings is 1. The SMILES string of the molecule is O=C(O)C1CCC(C(=O)NCc2cnn(-c3ccccc3)c2)CC1. The number of para-hydroxylation sites is 1. The molecule has 1 saturated carbocycles. The van der Waals surface area contributed by atoms with Crippen LogP contribution in [-0.4, -0.2) is 26.8 Å². The maximum atomic E-state index is 12.2. The number of carboxylic acid groups (broad SMARTS) is 1. The van der Waals surface area contributed by atoms with E-state index in [2.05, 4.69) is 10.4 Å². The van der Waals surface area contributed by atoms with E-state index in [-0.39, 0.29) is 17.7 Å². The highest BCUT2D eigenvalue weighted by Gasteiger charge is 2.29. The maximum absolute atomic E-state index is 12.2. The van der Waals surface area contributed by atoms with Gasteiger partial charge >= 0.3 is 5.97 Å². The van der Waals surface area contributed by atoms with Gasteiger partial charge in [0.05, 0.1) is 17.8 Å². The van der Waals surface area contributed by atoms with Gasteiger partial charge in [0, 0.05) is 24.2 Å². The van der Waals surface area contributed by atoms with Gasteiger partial charge in [-0.3, -0.25) is 9.59 Å². The number of nitrogens with zero attached hydrogens (tertiary/aromatic N) is 2. The smallest absolute Gasteiger partial charge is 0.306 e. The van der Waals surface area contributed by atoms with Crippen LogP contribution in [0.5, 0.6) is 0 Å². The predicted octanol–water partition coefficient (Wildman–Crippen LogP) is 2.38. The zero-order chi connectivity index (χ0) is 16.9. The molecule has 0 atom stereocenters. The van der Waals surface area contributed by atoms with Crippen molar-refractivity contribution in [2.75, 3.05) is 0 Å². The molecular weight excluding hydrogens is 306 g/mol. The van der Waals surface area contributed by atoms with Gasteiger partial charge in [-0.2, -0.15) is 5.10 Å². The highest BCUT2D eigenvalue weighted by Crippen LogP contribution is 2.29. The fourth-order valence-electron chi connectivity index (χ4n) is 3.11. The molecule has 1 aliphatic carbocycles. The van der Waals surface area contributed by atoms with Crippen molar-refractivity contribution < 1.29 is 14.7 Å². The lowest BCUT2D eigenvalue weighted by molar-refractivity contribution is -0.144. The molecule has 0 saturated heterocycles. The first kappa shape index (κ1) is 16.2. The molecule has 1 aromatic heterocycles. The molecule has 3 rings (SSSR count). The van der Waals surface area contributed by atoms with Crippen LogP contribution in [0.15, 0.2) is 42.7 Å². The summed E-state index contributed by atoms with van der Waals surface area (Å²) in [5, 5.41) is 16.2. The summed E-state index contributed by atoms with van der Waals surface area (Å²) < 4.78 is 1.78. The number of aliphatic carboxylic acids is 1. The Labute approximate surface area is 140 Å². The second-order valence-corrected chi connectivity index (χ2v) is 6.23. The van der Waals surface area contributed by atoms with E-state index >= 15 is 0 Å². The molecule has 1 aliphatic rings. The summed E-state index contributed by atoms with van der Waals surface area (Å²) in [7, 11) is 0. The van der Waals surface area contributed by atoms with Crippen LogP contribution in [0.25, 0.3) is 5.69 Å². The molecule has 0 spiro atoms. The number of amides is 1. The molecular formula is C18H21N3O3. The van der Waals surface area contributed by atoms with E-state index in [4.69, 9.17) is 5.11 Å². The van der Waals surface area contributed by atoms with Crippen LogP contribution < -0.4 is 5.32 Å². The van der Waals surface area contributed by atoms with Gasteiger partial charge in [0.25, 0.3) is 0 Å². The molecule has 0 radical (unpaired) electrons. The van der Waals surface area contributed by atoms with Crippen molar-refractivity contribution >= 4 is 11.9 Å². The number of hydrogen-bond donors (Lipinski definition) is 2. The van der Waals surface area contributed by atoms with Gasteiger partial charge in [0.15, 0.2) is 0 Å². The highest BCUT2D eigenvalue weighted by atomic mass is 16.4. The van der Waals surface area contributed by atoms with Crippen molar-refractivity contribution in [3.05, 3.63) is 48.3 Å². The Morgan fingerprint density at radius 1 is 1.12 bits per heavy atom. The third-order valence-corrected chi connectivity index (χ3v) is 4.57. The van der Waals surface area contributed by atoms with Crippen molar-refractivity contribution in [3.8, 4) is 5.69 Å². The molecule has 6 heteroatoms. The van der Waals surface area contributed by atoms with Gasteiger partial charge < -0.3 is 10.4 Å². The summed E-state index contributed by atoms with van der Waals surface area (Å²) in [6, 6.07) is 9.79. The van der Waals surface area contributed by atoms with Gasteiger partial charge in [-0.25, -0.2) is 4.68 Å². The van der Waals surface area contributed by atoms with Gasteiger partial charge in [-0.15, -0.1) is 0 Å². The summed E-state index contributed by atoms with van der Waals surface area (Å²) in [5.74, 6) is -1.11. The number of carbonyl (C=O) groups is 2. The Morgan fingerprint density at radius 2 is 1.79 bits per heavy atom. The molecule has 24 heavy (non-hydrogen) atoms. The minimum atomic E-state index is -0.748. The van der Waals surface area contributed by atoms with Crippen LogP contribution in [0.2, 0.25) is 0 Å². The van der Waals surface area contributed by atoms with Crippen molar-refractivity contribution in [2.45, 2.75) is 32.2 Å². The van der Waals surface area contributed by atoms with Crippen molar-refractivity contribution in [2.24, 2.45) is 11.8 Å². The Morgan fingerprint density at radius 3 is 2.46 bits per heavy atom. The predicted molar refractivity (Wildman–Crippen MR) is 88.5 cm³/mol. The van der Waals surface area contributed by atoms with Gasteiger partial charge in [0.1, 0.15) is 0 Å². The van der Waals surface area contributed by atoms with Crippen molar-refractivity contribution in [1.82, 2.24) is 15.1 Å². The third kappa shape index (κ3) is 3.82. The largest absolute Gasteiger partial charge is 0.481 e. The molecule has 126 valence electrons. The van der Waals surface area contributed by atoms with E-state index in [0.717, 1.165) is 11.3 Å². The monoisotopic (exact) mass is 327 g/mol. The van der Waals surface area contributed by atoms with E-state index in [1.54, 1.807) is 10.9 Å². The standard InChI is InChI=1S/C18H21N3O3/c22-17(14-6-8-15(9-7-14)18(23)24)19-10-13-11-20-21(12-13)16-4-2-1-3-5-16/h1-5,11-12,14-15H,6-10H2,(H,19,22)(H,23,24). The Balaban J connectivity index is 1.50. The summed E-state index contributed by atoms with van der Waals surface area (Å²) in [5.41, 5.74) is 1.91. The molecule has 1 aromatic carbocycles. The lowest BCUT2D eigenvalue weighted by Gasteiger charge is -2.25. The Hall–Kier alpha value is -2.63. The van der Waals surface area contributed by atoms with Crippen LogP contribution >= 0.6 is 0 Å². The first-order valence-corrected chi connectivity index (χ1v) is 8.23. The zero-order valence-electron chi connectivity index (χ0n) is 13.4. The number of rotatable bonds is 5. The summed E-state index contributed by atoms with van der Waals surface area (Å²) in [6.45, 7) is 0.435. The van der Waals surface area contributed by atoms with E-state index in [0.29, 0.717) is 32.2 Å². The topological polar surface area (TPSA) is 84.2 Å². The second-order valence-electron chi connectivity index (χ2n) is 6.23. The quantitative estimate of drug-likeness (QED) is 0.883. The Kier molecular flexibility index (Phi) is 4.93. The molecule has 1 heterocycles. The van der Waals surface area contributed by atoms with Crippen molar-refractivity contribution in [1.29, 1.82) is 0 Å². The van der Waals surface area contributed by atoms with E-state index in [1.807, 2.05) is 36.5 Å².